The summed E-state index contributed by atoms with van der Waals surface area (Å²) in [5, 5.41) is 12.8. The second kappa shape index (κ2) is 7.96. The Hall–Kier alpha value is -0.845. The van der Waals surface area contributed by atoms with Crippen molar-refractivity contribution in [2.45, 2.75) is 69.3 Å². The Morgan fingerprint density at radius 1 is 1.33 bits per heavy atom. The lowest BCUT2D eigenvalue weighted by Crippen LogP contribution is -2.51. The standard InChI is InChI=1S/C15H27BN2O3/c17-15(9-5-1-2-6-10-15)12-14(19)18-13-8-4-3-7-11-21-16(13)20/h3-4,13,20H,1-2,5-12,17H2,(H,18,19)/b4-3-. The van der Waals surface area contributed by atoms with E-state index in [0.29, 0.717) is 19.4 Å². The predicted octanol–water partition coefficient (Wildman–Crippen LogP) is 1.30. The molecule has 4 N–H and O–H groups in total. The molecule has 1 amide bonds. The third-order valence-corrected chi connectivity index (χ3v) is 4.43. The molecule has 1 saturated carbocycles. The van der Waals surface area contributed by atoms with Gasteiger partial charge in [-0.1, -0.05) is 37.8 Å². The third-order valence-electron chi connectivity index (χ3n) is 4.43. The molecule has 1 aliphatic carbocycles. The zero-order chi connectivity index (χ0) is 15.1. The average molecular weight is 294 g/mol. The van der Waals surface area contributed by atoms with E-state index in [4.69, 9.17) is 10.4 Å². The molecule has 5 nitrogen and oxygen atoms in total. The lowest BCUT2D eigenvalue weighted by molar-refractivity contribution is -0.122. The Labute approximate surface area is 127 Å². The Balaban J connectivity index is 1.87. The van der Waals surface area contributed by atoms with Crippen LogP contribution in [0.25, 0.3) is 0 Å². The van der Waals surface area contributed by atoms with Gasteiger partial charge in [0.1, 0.15) is 0 Å². The SMILES string of the molecule is NC1(CC(=O)NC2C/C=C\CCOB2O)CCCCCC1. The summed E-state index contributed by atoms with van der Waals surface area (Å²) < 4.78 is 5.29. The normalized spacial score (nSPS) is 28.1. The van der Waals surface area contributed by atoms with Crippen molar-refractivity contribution in [2.24, 2.45) is 5.73 Å². The number of hydrogen-bond donors (Lipinski definition) is 3. The molecule has 0 bridgehead atoms. The highest BCUT2D eigenvalue weighted by molar-refractivity contribution is 6.45. The maximum absolute atomic E-state index is 12.3. The van der Waals surface area contributed by atoms with Gasteiger partial charge in [-0.3, -0.25) is 4.79 Å². The van der Waals surface area contributed by atoms with Crippen molar-refractivity contribution in [3.63, 3.8) is 0 Å². The second-order valence-electron chi connectivity index (χ2n) is 6.38. The van der Waals surface area contributed by atoms with E-state index in [9.17, 15) is 9.82 Å². The molecule has 118 valence electrons. The quantitative estimate of drug-likeness (QED) is 0.416. The first-order chi connectivity index (χ1) is 10.1. The fourth-order valence-electron chi connectivity index (χ4n) is 3.17. The first-order valence-electron chi connectivity index (χ1n) is 8.12. The minimum atomic E-state index is -0.943. The van der Waals surface area contributed by atoms with Crippen molar-refractivity contribution in [3.05, 3.63) is 12.2 Å². The molecule has 0 aromatic heterocycles. The first kappa shape index (κ1) is 16.5. The fraction of sp³-hybridized carbons (Fsp3) is 0.800. The molecule has 2 rings (SSSR count). The van der Waals surface area contributed by atoms with Crippen LogP contribution in [0.2, 0.25) is 0 Å². The largest absolute Gasteiger partial charge is 0.478 e. The topological polar surface area (TPSA) is 84.6 Å². The molecule has 0 saturated heterocycles. The number of nitrogens with one attached hydrogen (secondary N) is 1. The van der Waals surface area contributed by atoms with Crippen molar-refractivity contribution >= 4 is 13.0 Å². The monoisotopic (exact) mass is 294 g/mol. The third kappa shape index (κ3) is 5.45. The number of rotatable bonds is 3. The molecule has 0 aromatic carbocycles. The van der Waals surface area contributed by atoms with Gasteiger partial charge in [-0.05, 0) is 25.7 Å². The van der Waals surface area contributed by atoms with Crippen LogP contribution >= 0.6 is 0 Å². The summed E-state index contributed by atoms with van der Waals surface area (Å²) in [6, 6.07) is 0. The highest BCUT2D eigenvalue weighted by atomic mass is 16.5. The van der Waals surface area contributed by atoms with Crippen molar-refractivity contribution in [2.75, 3.05) is 6.61 Å². The van der Waals surface area contributed by atoms with Crippen molar-refractivity contribution < 1.29 is 14.5 Å². The van der Waals surface area contributed by atoms with Gasteiger partial charge in [0, 0.05) is 18.6 Å². The number of carbonyl (C=O) groups excluding carboxylic acids is 1. The van der Waals surface area contributed by atoms with E-state index in [1.165, 1.54) is 12.8 Å². The molecule has 1 aliphatic heterocycles. The highest BCUT2D eigenvalue weighted by Gasteiger charge is 2.32. The molecule has 1 unspecified atom stereocenters. The van der Waals surface area contributed by atoms with Gasteiger partial charge in [0.2, 0.25) is 5.91 Å². The summed E-state index contributed by atoms with van der Waals surface area (Å²) in [7, 11) is -0.943. The summed E-state index contributed by atoms with van der Waals surface area (Å²) in [5.41, 5.74) is 6.00. The maximum atomic E-state index is 12.3. The van der Waals surface area contributed by atoms with Crippen LogP contribution in [0.3, 0.4) is 0 Å². The zero-order valence-corrected chi connectivity index (χ0v) is 12.7. The Morgan fingerprint density at radius 3 is 2.76 bits per heavy atom. The van der Waals surface area contributed by atoms with E-state index in [-0.39, 0.29) is 17.4 Å². The fourth-order valence-corrected chi connectivity index (χ4v) is 3.17. The van der Waals surface area contributed by atoms with Gasteiger partial charge in [-0.25, -0.2) is 0 Å². The van der Waals surface area contributed by atoms with Crippen LogP contribution in [0, 0.1) is 0 Å². The van der Waals surface area contributed by atoms with Crippen LogP contribution in [0.5, 0.6) is 0 Å². The minimum absolute atomic E-state index is 0.0824. The van der Waals surface area contributed by atoms with E-state index in [2.05, 4.69) is 5.32 Å². The van der Waals surface area contributed by atoms with Crippen molar-refractivity contribution in [1.82, 2.24) is 5.32 Å². The van der Waals surface area contributed by atoms with Crippen LogP contribution in [-0.4, -0.2) is 36.1 Å². The molecule has 0 spiro atoms. The molecule has 0 aromatic rings. The summed E-state index contributed by atoms with van der Waals surface area (Å²) in [4.78, 5) is 12.3. The van der Waals surface area contributed by atoms with E-state index in [1.807, 2.05) is 12.2 Å². The first-order valence-corrected chi connectivity index (χ1v) is 8.12. The van der Waals surface area contributed by atoms with E-state index >= 15 is 0 Å². The van der Waals surface area contributed by atoms with Crippen LogP contribution in [0.4, 0.5) is 0 Å². The molecular weight excluding hydrogens is 267 g/mol. The number of amides is 1. The molecule has 6 heteroatoms. The van der Waals surface area contributed by atoms with Gasteiger partial charge in [0.05, 0.1) is 5.94 Å². The van der Waals surface area contributed by atoms with E-state index < -0.39 is 7.12 Å². The van der Waals surface area contributed by atoms with Crippen molar-refractivity contribution in [1.29, 1.82) is 0 Å². The number of carbonyl (C=O) groups is 1. The summed E-state index contributed by atoms with van der Waals surface area (Å²) in [6.07, 6.45) is 12.1. The van der Waals surface area contributed by atoms with Gasteiger partial charge in [-0.15, -0.1) is 0 Å². The maximum Gasteiger partial charge on any atom is 0.478 e. The van der Waals surface area contributed by atoms with Gasteiger partial charge in [0.15, 0.2) is 0 Å². The lowest BCUT2D eigenvalue weighted by Gasteiger charge is -2.29. The summed E-state index contributed by atoms with van der Waals surface area (Å²) in [6.45, 7) is 0.477. The Kier molecular flexibility index (Phi) is 6.27. The van der Waals surface area contributed by atoms with Gasteiger partial charge >= 0.3 is 7.12 Å². The van der Waals surface area contributed by atoms with Gasteiger partial charge in [-0.2, -0.15) is 0 Å². The lowest BCUT2D eigenvalue weighted by atomic mass is 9.75. The van der Waals surface area contributed by atoms with Gasteiger partial charge < -0.3 is 20.7 Å². The molecular formula is C15H27BN2O3. The van der Waals surface area contributed by atoms with Gasteiger partial charge in [0.25, 0.3) is 0 Å². The zero-order valence-electron chi connectivity index (χ0n) is 12.7. The summed E-state index contributed by atoms with van der Waals surface area (Å²) >= 11 is 0. The second-order valence-corrected chi connectivity index (χ2v) is 6.38. The smallest absolute Gasteiger partial charge is 0.426 e. The molecule has 2 aliphatic rings. The molecule has 1 atom stereocenters. The molecule has 1 fully saturated rings. The van der Waals surface area contributed by atoms with E-state index in [1.54, 1.807) is 0 Å². The predicted molar refractivity (Wildman–Crippen MR) is 83.5 cm³/mol. The average Bonchev–Trinajstić information content (AvgIpc) is 2.63. The van der Waals surface area contributed by atoms with Crippen molar-refractivity contribution in [3.8, 4) is 0 Å². The number of nitrogens with two attached hydrogens (primary N) is 1. The van der Waals surface area contributed by atoms with Crippen LogP contribution in [-0.2, 0) is 9.45 Å². The highest BCUT2D eigenvalue weighted by Crippen LogP contribution is 2.27. The van der Waals surface area contributed by atoms with Crippen LogP contribution in [0.1, 0.15) is 57.8 Å². The Bertz CT molecular complexity index is 368. The summed E-state index contributed by atoms with van der Waals surface area (Å²) in [5.74, 6) is -0.468. The van der Waals surface area contributed by atoms with Crippen LogP contribution in [0.15, 0.2) is 12.2 Å². The molecule has 21 heavy (non-hydrogen) atoms. The minimum Gasteiger partial charge on any atom is -0.426 e. The van der Waals surface area contributed by atoms with Crippen LogP contribution < -0.4 is 11.1 Å². The number of hydrogen-bond acceptors (Lipinski definition) is 4. The molecule has 0 radical (unpaired) electrons. The Morgan fingerprint density at radius 2 is 2.05 bits per heavy atom. The van der Waals surface area contributed by atoms with E-state index in [0.717, 1.165) is 32.1 Å². The molecule has 1 heterocycles.